The second kappa shape index (κ2) is 7.05. The summed E-state index contributed by atoms with van der Waals surface area (Å²) in [6, 6.07) is 16.2. The lowest BCUT2D eigenvalue weighted by atomic mass is 9.88. The lowest BCUT2D eigenvalue weighted by molar-refractivity contribution is -0.0431. The van der Waals surface area contributed by atoms with Gasteiger partial charge >= 0.3 is 0 Å². The summed E-state index contributed by atoms with van der Waals surface area (Å²) < 4.78 is 13.3. The van der Waals surface area contributed by atoms with Crippen molar-refractivity contribution in [3.8, 4) is 17.6 Å². The van der Waals surface area contributed by atoms with Gasteiger partial charge in [0.15, 0.2) is 11.5 Å². The van der Waals surface area contributed by atoms with E-state index in [1.165, 1.54) is 5.56 Å². The minimum Gasteiger partial charge on any atom is -0.449 e. The molecule has 1 fully saturated rings. The summed E-state index contributed by atoms with van der Waals surface area (Å²) >= 11 is 0. The molecule has 0 saturated carbocycles. The quantitative estimate of drug-likeness (QED) is 0.624. The van der Waals surface area contributed by atoms with Crippen LogP contribution in [0.1, 0.15) is 43.7 Å². The predicted molar refractivity (Wildman–Crippen MR) is 120 cm³/mol. The molecule has 6 heteroatoms. The van der Waals surface area contributed by atoms with Gasteiger partial charge in [0.25, 0.3) is 5.56 Å². The zero-order valence-corrected chi connectivity index (χ0v) is 18.0. The number of para-hydroxylation sites is 1. The zero-order valence-electron chi connectivity index (χ0n) is 18.0. The number of rotatable bonds is 2. The number of hydrogen-bond acceptors (Lipinski definition) is 5. The number of aryl methyl sites for hydroxylation is 1. The Labute approximate surface area is 181 Å². The largest absolute Gasteiger partial charge is 0.449 e. The van der Waals surface area contributed by atoms with Crippen molar-refractivity contribution in [1.82, 2.24) is 4.57 Å². The van der Waals surface area contributed by atoms with Gasteiger partial charge in [-0.05, 0) is 42.5 Å². The molecular formula is C25H25N3O3. The minimum absolute atomic E-state index is 0.227. The number of fused-ring (bicyclic) bond motifs is 2. The van der Waals surface area contributed by atoms with E-state index >= 15 is 0 Å². The molecule has 3 aromatic rings. The molecule has 0 radical (unpaired) electrons. The number of aromatic nitrogens is 1. The molecule has 1 saturated heterocycles. The number of nitriles is 1. The van der Waals surface area contributed by atoms with Crippen molar-refractivity contribution in [2.24, 2.45) is 7.05 Å². The van der Waals surface area contributed by atoms with Crippen molar-refractivity contribution in [3.05, 3.63) is 63.9 Å². The van der Waals surface area contributed by atoms with Crippen LogP contribution in [0.4, 0.5) is 5.69 Å². The van der Waals surface area contributed by atoms with E-state index in [1.807, 2.05) is 44.2 Å². The molecule has 6 nitrogen and oxygen atoms in total. The Balaban J connectivity index is 1.44. The molecule has 2 aromatic carbocycles. The lowest BCUT2D eigenvalue weighted by Crippen LogP contribution is -2.35. The van der Waals surface area contributed by atoms with Gasteiger partial charge in [0.05, 0.1) is 11.2 Å². The Morgan fingerprint density at radius 1 is 1.06 bits per heavy atom. The molecule has 0 N–H and O–H groups in total. The first-order valence-electron chi connectivity index (χ1n) is 10.7. The first-order chi connectivity index (χ1) is 14.9. The molecule has 1 aromatic heterocycles. The second-order valence-electron chi connectivity index (χ2n) is 8.79. The van der Waals surface area contributed by atoms with E-state index in [4.69, 9.17) is 9.47 Å². The van der Waals surface area contributed by atoms with E-state index in [2.05, 4.69) is 23.1 Å². The fourth-order valence-electron chi connectivity index (χ4n) is 4.84. The smallest absolute Gasteiger partial charge is 0.270 e. The van der Waals surface area contributed by atoms with Crippen LogP contribution >= 0.6 is 0 Å². The number of nitrogens with zero attached hydrogens (tertiary/aromatic N) is 3. The third-order valence-electron chi connectivity index (χ3n) is 6.35. The molecule has 0 aliphatic carbocycles. The number of anilines is 1. The van der Waals surface area contributed by atoms with Crippen LogP contribution in [0.3, 0.4) is 0 Å². The number of piperidine rings is 1. The standard InChI is InChI=1S/C25H25N3O3/c1-25(2)30-21-9-8-17(14-22(21)31-25)16-10-12-28(13-11-16)23-18-6-4-5-7-20(18)27(3)24(29)19(23)15-26/h4-9,14,16H,10-13H2,1-3H3. The SMILES string of the molecule is Cn1c(=O)c(C#N)c(N2CCC(c3ccc4c(c3)OC(C)(C)O4)CC2)c2ccccc21. The summed E-state index contributed by atoms with van der Waals surface area (Å²) in [5.74, 6) is 1.36. The highest BCUT2D eigenvalue weighted by atomic mass is 16.7. The third-order valence-corrected chi connectivity index (χ3v) is 6.35. The third kappa shape index (κ3) is 3.21. The summed E-state index contributed by atoms with van der Waals surface area (Å²) in [4.78, 5) is 15.0. The summed E-state index contributed by atoms with van der Waals surface area (Å²) in [6.07, 6.45) is 1.88. The van der Waals surface area contributed by atoms with Crippen molar-refractivity contribution in [1.29, 1.82) is 5.26 Å². The molecule has 0 unspecified atom stereocenters. The minimum atomic E-state index is -0.626. The molecule has 158 valence electrons. The topological polar surface area (TPSA) is 67.5 Å². The van der Waals surface area contributed by atoms with E-state index in [-0.39, 0.29) is 11.1 Å². The Bertz CT molecular complexity index is 1280. The lowest BCUT2D eigenvalue weighted by Gasteiger charge is -2.35. The zero-order chi connectivity index (χ0) is 21.8. The van der Waals surface area contributed by atoms with Crippen LogP contribution in [0.2, 0.25) is 0 Å². The predicted octanol–water partition coefficient (Wildman–Crippen LogP) is 4.30. The van der Waals surface area contributed by atoms with Gasteiger partial charge in [-0.2, -0.15) is 5.26 Å². The van der Waals surface area contributed by atoms with Gasteiger partial charge in [-0.3, -0.25) is 4.79 Å². The fourth-order valence-corrected chi connectivity index (χ4v) is 4.84. The Hall–Kier alpha value is -3.46. The summed E-state index contributed by atoms with van der Waals surface area (Å²) in [7, 11) is 1.72. The molecule has 0 atom stereocenters. The maximum atomic E-state index is 12.8. The van der Waals surface area contributed by atoms with Crippen LogP contribution in [0.15, 0.2) is 47.3 Å². The van der Waals surface area contributed by atoms with Crippen molar-refractivity contribution >= 4 is 16.6 Å². The van der Waals surface area contributed by atoms with Crippen molar-refractivity contribution in [2.45, 2.75) is 38.4 Å². The molecule has 0 amide bonds. The van der Waals surface area contributed by atoms with E-state index in [0.29, 0.717) is 5.92 Å². The summed E-state index contributed by atoms with van der Waals surface area (Å²) in [6.45, 7) is 5.39. The molecule has 2 aliphatic heterocycles. The van der Waals surface area contributed by atoms with Crippen LogP contribution in [0, 0.1) is 11.3 Å². The van der Waals surface area contributed by atoms with Gasteiger partial charge in [-0.1, -0.05) is 24.3 Å². The first kappa shape index (κ1) is 19.5. The highest BCUT2D eigenvalue weighted by molar-refractivity contribution is 5.94. The van der Waals surface area contributed by atoms with Crippen LogP contribution < -0.4 is 19.9 Å². The van der Waals surface area contributed by atoms with Crippen LogP contribution in [0.5, 0.6) is 11.5 Å². The molecule has 0 spiro atoms. The Kier molecular flexibility index (Phi) is 4.44. The Morgan fingerprint density at radius 3 is 2.52 bits per heavy atom. The summed E-state index contributed by atoms with van der Waals surface area (Å²) in [5.41, 5.74) is 2.85. The second-order valence-corrected chi connectivity index (χ2v) is 8.79. The van der Waals surface area contributed by atoms with Crippen LogP contribution in [0.25, 0.3) is 10.9 Å². The molecule has 2 aliphatic rings. The molecule has 31 heavy (non-hydrogen) atoms. The van der Waals surface area contributed by atoms with Gasteiger partial charge < -0.3 is 18.9 Å². The van der Waals surface area contributed by atoms with Crippen molar-refractivity contribution in [2.75, 3.05) is 18.0 Å². The normalized spacial score (nSPS) is 17.7. The number of ether oxygens (including phenoxy) is 2. The monoisotopic (exact) mass is 415 g/mol. The van der Waals surface area contributed by atoms with Gasteiger partial charge in [-0.15, -0.1) is 0 Å². The Morgan fingerprint density at radius 2 is 1.77 bits per heavy atom. The number of pyridine rings is 1. The van der Waals surface area contributed by atoms with Crippen molar-refractivity contribution in [3.63, 3.8) is 0 Å². The van der Waals surface area contributed by atoms with E-state index in [0.717, 1.165) is 54.0 Å². The maximum absolute atomic E-state index is 12.8. The highest BCUT2D eigenvalue weighted by Gasteiger charge is 2.33. The van der Waals surface area contributed by atoms with Gasteiger partial charge in [0.2, 0.25) is 5.79 Å². The van der Waals surface area contributed by atoms with Crippen LogP contribution in [-0.4, -0.2) is 23.4 Å². The number of hydrogen-bond donors (Lipinski definition) is 0. The molecule has 3 heterocycles. The van der Waals surface area contributed by atoms with E-state index in [9.17, 15) is 10.1 Å². The van der Waals surface area contributed by atoms with Crippen LogP contribution in [-0.2, 0) is 7.05 Å². The van der Waals surface area contributed by atoms with E-state index < -0.39 is 5.79 Å². The highest BCUT2D eigenvalue weighted by Crippen LogP contribution is 2.42. The summed E-state index contributed by atoms with van der Waals surface area (Å²) in [5, 5.41) is 10.7. The van der Waals surface area contributed by atoms with Crippen molar-refractivity contribution < 1.29 is 9.47 Å². The van der Waals surface area contributed by atoms with E-state index in [1.54, 1.807) is 11.6 Å². The molecule has 0 bridgehead atoms. The van der Waals surface area contributed by atoms with Gasteiger partial charge in [0, 0.05) is 39.4 Å². The maximum Gasteiger partial charge on any atom is 0.270 e. The van der Waals surface area contributed by atoms with Gasteiger partial charge in [-0.25, -0.2) is 0 Å². The first-order valence-corrected chi connectivity index (χ1v) is 10.7. The average molecular weight is 415 g/mol. The van der Waals surface area contributed by atoms with Gasteiger partial charge in [0.1, 0.15) is 11.6 Å². The molecule has 5 rings (SSSR count). The number of benzene rings is 2. The molecular weight excluding hydrogens is 390 g/mol. The average Bonchev–Trinajstić information content (AvgIpc) is 3.09. The fraction of sp³-hybridized carbons (Fsp3) is 0.360.